The number of rotatable bonds is 6. The molecule has 0 N–H and O–H groups in total. The molecule has 11 aromatic carbocycles. The Morgan fingerprint density at radius 1 is 0.254 bits per heavy atom. The van der Waals surface area contributed by atoms with Gasteiger partial charge >= 0.3 is 0 Å². The number of benzene rings is 11. The first kappa shape index (κ1) is 79.7. The van der Waals surface area contributed by atoms with E-state index in [0.717, 1.165) is 67.8 Å². The lowest BCUT2D eigenvalue weighted by Crippen LogP contribution is -2.50. The van der Waals surface area contributed by atoms with Crippen molar-refractivity contribution in [3.05, 3.63) is 407 Å². The fourth-order valence-corrected chi connectivity index (χ4v) is 30.2. The van der Waals surface area contributed by atoms with Gasteiger partial charge in [-0.05, 0) is 188 Å². The molecule has 0 bridgehead atoms. The molecule has 21 rings (SSSR count). The zero-order valence-electron chi connectivity index (χ0n) is 70.1. The summed E-state index contributed by atoms with van der Waals surface area (Å²) in [4.78, 5) is 41.5. The largest absolute Gasteiger partial charge is 0.256 e. The predicted octanol–water partition coefficient (Wildman–Crippen LogP) is 25.5. The summed E-state index contributed by atoms with van der Waals surface area (Å²) in [6, 6.07) is 99.8. The van der Waals surface area contributed by atoms with Gasteiger partial charge in [-0.25, -0.2) is 24.2 Å². The molecule has 10 nitrogen and oxygen atoms in total. The van der Waals surface area contributed by atoms with Crippen LogP contribution in [0.3, 0.4) is 0 Å². The maximum absolute atomic E-state index is 7.65. The van der Waals surface area contributed by atoms with Crippen LogP contribution in [-0.4, -0.2) is 49.1 Å². The molecule has 0 fully saturated rings. The van der Waals surface area contributed by atoms with Crippen LogP contribution in [-0.2, 0) is 10.8 Å². The van der Waals surface area contributed by atoms with Crippen LogP contribution in [0.1, 0.15) is 55.5 Å². The number of nitrogens with zero attached hydrogens (tertiary/aromatic N) is 10. The Balaban J connectivity index is 0.000000109. The molecule has 0 atom stereocenters. The van der Waals surface area contributed by atoms with Crippen LogP contribution in [0.2, 0.25) is 39.3 Å². The molecule has 0 unspecified atom stereocenters. The van der Waals surface area contributed by atoms with Gasteiger partial charge in [0.25, 0.3) is 0 Å². The van der Waals surface area contributed by atoms with Gasteiger partial charge in [0.2, 0.25) is 0 Å². The standard InChI is InChI=1S/C27H20N2.C22H18N2.3C20H16N2Si/c1-27(2)25-20(21-12-8-14-23(28-3)26(21)27)11-7-13-22(25)24-17-19(15-16-29-24)18-9-5-4-6-10-18;1-14-8-11-20(24-13-14)18-7-5-6-17-16-10-9-15(23-4)12-19(16)22(2,3)21(17)18;1-21-18-12-7-9-15-14-8-6-10-16(17-11-4-5-13-22-17)19(14)23(2,3)20(15)18;1-21-14-10-11-15-16-7-6-8-17(18-9-4-5-12-22-18)20(16)23(2,3)19(15)13-14;1-21-14-10-11-19-17(13-14)15-7-6-8-16(20(15)23(19,2)3)18-9-4-5-12-22-18/h4-17H,1-2H3;5-13H,1-3H3;3*4-13H,2-3H3. The van der Waals surface area contributed by atoms with Crippen molar-refractivity contribution in [2.75, 3.05) is 0 Å². The maximum atomic E-state index is 7.65. The molecule has 16 aromatic rings. The van der Waals surface area contributed by atoms with Crippen molar-refractivity contribution >= 4 is 83.8 Å². The Bertz CT molecular complexity index is 7090. The number of aryl methyl sites for hydroxylation is 1. The number of hydrogen-bond donors (Lipinski definition) is 0. The number of aromatic nitrogens is 5. The van der Waals surface area contributed by atoms with Crippen LogP contribution >= 0.6 is 0 Å². The minimum atomic E-state index is -1.93. The number of hydrogen-bond acceptors (Lipinski definition) is 5. The minimum Gasteiger partial charge on any atom is -0.256 e. The molecule has 8 heterocycles. The van der Waals surface area contributed by atoms with Crippen LogP contribution in [0, 0.1) is 39.8 Å². The third-order valence-electron chi connectivity index (χ3n) is 25.0. The Morgan fingerprint density at radius 2 is 0.672 bits per heavy atom. The smallest absolute Gasteiger partial charge is 0.191 e. The summed E-state index contributed by atoms with van der Waals surface area (Å²) in [5, 5.41) is 8.34. The van der Waals surface area contributed by atoms with Gasteiger partial charge in [0.15, 0.2) is 28.4 Å². The van der Waals surface area contributed by atoms with Crippen molar-refractivity contribution in [2.24, 2.45) is 0 Å². The molecular formula is C109H86N10Si3. The van der Waals surface area contributed by atoms with Crippen molar-refractivity contribution in [1.82, 2.24) is 24.9 Å². The molecule has 2 aliphatic carbocycles. The zero-order chi connectivity index (χ0) is 85.0. The highest BCUT2D eigenvalue weighted by Gasteiger charge is 2.45. The molecule has 0 saturated heterocycles. The van der Waals surface area contributed by atoms with Gasteiger partial charge in [0.05, 0.1) is 61.3 Å². The monoisotopic (exact) mass is 1620 g/mol. The summed E-state index contributed by atoms with van der Waals surface area (Å²) in [6.45, 7) is 62.3. The summed E-state index contributed by atoms with van der Waals surface area (Å²) < 4.78 is 0. The van der Waals surface area contributed by atoms with E-state index in [-0.39, 0.29) is 10.8 Å². The third-order valence-corrected chi connectivity index (χ3v) is 35.7. The molecule has 0 radical (unpaired) electrons. The first-order chi connectivity index (χ1) is 59.0. The van der Waals surface area contributed by atoms with Gasteiger partial charge in [-0.15, -0.1) is 0 Å². The highest BCUT2D eigenvalue weighted by atomic mass is 28.3. The van der Waals surface area contributed by atoms with E-state index in [9.17, 15) is 0 Å². The van der Waals surface area contributed by atoms with Crippen LogP contribution in [0.5, 0.6) is 0 Å². The summed E-state index contributed by atoms with van der Waals surface area (Å²) >= 11 is 0. The van der Waals surface area contributed by atoms with Gasteiger partial charge in [-0.1, -0.05) is 303 Å². The lowest BCUT2D eigenvalue weighted by Gasteiger charge is -2.25. The Labute approximate surface area is 718 Å². The van der Waals surface area contributed by atoms with Crippen molar-refractivity contribution in [3.63, 3.8) is 0 Å². The lowest BCUT2D eigenvalue weighted by molar-refractivity contribution is 0.662. The second-order valence-corrected chi connectivity index (χ2v) is 46.9. The average Bonchev–Trinajstić information content (AvgIpc) is 1.60. The molecule has 0 amide bonds. The minimum absolute atomic E-state index is 0.144. The first-order valence-corrected chi connectivity index (χ1v) is 50.0. The van der Waals surface area contributed by atoms with Crippen LogP contribution in [0.25, 0.3) is 147 Å². The normalized spacial score (nSPS) is 13.8. The highest BCUT2D eigenvalue weighted by molar-refractivity contribution is 7.06. The van der Waals surface area contributed by atoms with E-state index in [1.54, 1.807) is 0 Å². The Morgan fingerprint density at radius 3 is 1.21 bits per heavy atom. The van der Waals surface area contributed by atoms with E-state index in [0.29, 0.717) is 11.4 Å². The van der Waals surface area contributed by atoms with Crippen molar-refractivity contribution in [3.8, 4) is 123 Å². The molecule has 0 spiro atoms. The molecule has 5 aromatic heterocycles. The molecule has 5 aliphatic rings. The second-order valence-electron chi connectivity index (χ2n) is 34.1. The topological polar surface area (TPSA) is 86.2 Å². The summed E-state index contributed by atoms with van der Waals surface area (Å²) in [6.07, 6.45) is 9.35. The highest BCUT2D eigenvalue weighted by Crippen LogP contribution is 2.56. The van der Waals surface area contributed by atoms with Gasteiger partial charge in [0.1, 0.15) is 24.2 Å². The van der Waals surface area contributed by atoms with E-state index >= 15 is 0 Å². The fourth-order valence-electron chi connectivity index (χ4n) is 19.7. The maximum Gasteiger partial charge on any atom is 0.191 e. The van der Waals surface area contributed by atoms with Crippen LogP contribution in [0.15, 0.2) is 322 Å². The molecule has 3 aliphatic heterocycles. The second kappa shape index (κ2) is 31.9. The van der Waals surface area contributed by atoms with Crippen molar-refractivity contribution in [1.29, 1.82) is 0 Å². The fraction of sp³-hybridized carbons (Fsp3) is 0.119. The molecule has 13 heteroatoms. The lowest BCUT2D eigenvalue weighted by atomic mass is 9.78. The number of fused-ring (bicyclic) bond motifs is 15. The Kier molecular flexibility index (Phi) is 20.8. The van der Waals surface area contributed by atoms with Crippen LogP contribution in [0.4, 0.5) is 28.4 Å². The quantitative estimate of drug-likeness (QED) is 0.122. The summed E-state index contributed by atoms with van der Waals surface area (Å²) in [5.41, 5.74) is 35.3. The molecule has 122 heavy (non-hydrogen) atoms. The third kappa shape index (κ3) is 13.8. The molecule has 584 valence electrons. The first-order valence-electron chi connectivity index (χ1n) is 41.0. The Hall–Kier alpha value is -14.7. The van der Waals surface area contributed by atoms with Crippen molar-refractivity contribution < 1.29 is 0 Å². The van der Waals surface area contributed by atoms with Crippen LogP contribution < -0.4 is 31.1 Å². The SMILES string of the molecule is [C-]#[N+]c1ccc2c(c1)-c1cccc(-c3ccccn3)c1[Si]2(C)C.[C-]#[N+]c1ccc2c(c1)C(C)(C)c1c(-c3ccc(C)cn3)cccc1-2.[C-]#[N+]c1ccc2c(c1)[Si](C)(C)c1c(-c3ccccn3)cccc1-2.[C-]#[N+]c1cccc2c1C(C)(C)c1c(-c3cc(-c4ccccc4)ccn3)cccc1-2.[C-]#[N+]c1cccc2c1[Si](C)(C)c1c(-c3ccccn3)cccc1-2. The summed E-state index contributed by atoms with van der Waals surface area (Å²) in [5.74, 6) is 0. The van der Waals surface area contributed by atoms with E-state index < -0.39 is 24.2 Å². The average molecular weight is 1620 g/mol. The van der Waals surface area contributed by atoms with E-state index in [2.05, 4.69) is 312 Å². The van der Waals surface area contributed by atoms with Gasteiger partial charge < -0.3 is 0 Å². The summed E-state index contributed by atoms with van der Waals surface area (Å²) in [7, 11) is -5.56. The van der Waals surface area contributed by atoms with Gasteiger partial charge in [-0.2, -0.15) is 0 Å². The number of pyridine rings is 5. The van der Waals surface area contributed by atoms with Crippen molar-refractivity contribution in [2.45, 2.75) is 84.7 Å². The zero-order valence-corrected chi connectivity index (χ0v) is 73.1. The van der Waals surface area contributed by atoms with E-state index in [1.165, 1.54) is 131 Å². The van der Waals surface area contributed by atoms with Gasteiger partial charge in [0, 0.05) is 69.6 Å². The van der Waals surface area contributed by atoms with Gasteiger partial charge in [-0.3, -0.25) is 24.9 Å². The molecule has 0 saturated carbocycles. The van der Waals surface area contributed by atoms with E-state index in [1.807, 2.05) is 128 Å². The van der Waals surface area contributed by atoms with E-state index in [4.69, 9.17) is 37.8 Å². The molecular weight excluding hydrogens is 1530 g/mol. The predicted molar refractivity (Wildman–Crippen MR) is 512 cm³/mol.